The number of anilines is 1. The van der Waals surface area contributed by atoms with Crippen molar-refractivity contribution in [2.24, 2.45) is 0 Å². The number of carbonyl (C=O) groups is 1. The van der Waals surface area contributed by atoms with Crippen LogP contribution < -0.4 is 5.32 Å². The van der Waals surface area contributed by atoms with Crippen molar-refractivity contribution in [3.8, 4) is 0 Å². The van der Waals surface area contributed by atoms with Crippen LogP contribution >= 0.6 is 0 Å². The minimum atomic E-state index is -0.523. The number of carbonyl (C=O) groups excluding carboxylic acids is 1. The molecule has 2 N–H and O–H groups in total. The molecule has 2 aromatic rings. The van der Waals surface area contributed by atoms with Crippen molar-refractivity contribution in [3.63, 3.8) is 0 Å². The number of H-pyrrole nitrogens is 1. The van der Waals surface area contributed by atoms with Gasteiger partial charge in [-0.1, -0.05) is 18.6 Å². The zero-order chi connectivity index (χ0) is 13.3. The molecule has 0 radical (unpaired) electrons. The van der Waals surface area contributed by atoms with Gasteiger partial charge in [0.1, 0.15) is 5.82 Å². The van der Waals surface area contributed by atoms with Gasteiger partial charge in [-0.3, -0.25) is 9.89 Å². The summed E-state index contributed by atoms with van der Waals surface area (Å²) in [6.07, 6.45) is 5.80. The molecule has 98 valence electrons. The summed E-state index contributed by atoms with van der Waals surface area (Å²) in [5.41, 5.74) is 1.00. The van der Waals surface area contributed by atoms with Gasteiger partial charge in [-0.25, -0.2) is 4.39 Å². The van der Waals surface area contributed by atoms with Crippen LogP contribution in [-0.2, 0) is 10.2 Å². The highest BCUT2D eigenvalue weighted by atomic mass is 19.1. The Bertz CT molecular complexity index is 573. The van der Waals surface area contributed by atoms with E-state index in [4.69, 9.17) is 0 Å². The molecule has 1 heterocycles. The molecule has 1 aliphatic carbocycles. The van der Waals surface area contributed by atoms with E-state index in [1.807, 2.05) is 0 Å². The predicted octanol–water partition coefficient (Wildman–Crippen LogP) is 2.61. The van der Waals surface area contributed by atoms with Crippen molar-refractivity contribution in [2.45, 2.75) is 24.7 Å². The lowest BCUT2D eigenvalue weighted by atomic mass is 9.64. The Hall–Kier alpha value is -2.17. The molecule has 5 heteroatoms. The summed E-state index contributed by atoms with van der Waals surface area (Å²) < 4.78 is 13.0. The minimum Gasteiger partial charge on any atom is -0.323 e. The second kappa shape index (κ2) is 4.50. The second-order valence-corrected chi connectivity index (χ2v) is 4.88. The molecule has 0 bridgehead atoms. The third-order valence-corrected chi connectivity index (χ3v) is 3.79. The number of aromatic amines is 1. The Balaban J connectivity index is 1.86. The van der Waals surface area contributed by atoms with Gasteiger partial charge in [0.15, 0.2) is 0 Å². The molecule has 1 aromatic carbocycles. The summed E-state index contributed by atoms with van der Waals surface area (Å²) in [6, 6.07) is 6.20. The van der Waals surface area contributed by atoms with Crippen LogP contribution in [0.1, 0.15) is 24.8 Å². The van der Waals surface area contributed by atoms with E-state index < -0.39 is 5.41 Å². The summed E-state index contributed by atoms with van der Waals surface area (Å²) in [5, 5.41) is 9.30. The third kappa shape index (κ3) is 2.01. The maximum atomic E-state index is 13.0. The number of hydrogen-bond acceptors (Lipinski definition) is 2. The van der Waals surface area contributed by atoms with Crippen LogP contribution in [0.3, 0.4) is 0 Å². The Morgan fingerprint density at radius 2 is 2.05 bits per heavy atom. The second-order valence-electron chi connectivity index (χ2n) is 4.88. The molecule has 0 unspecified atom stereocenters. The minimum absolute atomic E-state index is 0.0493. The van der Waals surface area contributed by atoms with Crippen molar-refractivity contribution in [1.29, 1.82) is 0 Å². The lowest BCUT2D eigenvalue weighted by molar-refractivity contribution is -0.124. The monoisotopic (exact) mass is 259 g/mol. The topological polar surface area (TPSA) is 57.8 Å². The quantitative estimate of drug-likeness (QED) is 0.890. The SMILES string of the molecule is O=C(Nc1cn[nH]c1)C1(c2ccc(F)cc2)CCC1. The van der Waals surface area contributed by atoms with E-state index in [9.17, 15) is 9.18 Å². The average molecular weight is 259 g/mol. The molecule has 1 aliphatic rings. The lowest BCUT2D eigenvalue weighted by Crippen LogP contribution is -2.45. The van der Waals surface area contributed by atoms with E-state index in [0.29, 0.717) is 5.69 Å². The zero-order valence-corrected chi connectivity index (χ0v) is 10.3. The molecule has 4 nitrogen and oxygen atoms in total. The summed E-state index contributed by atoms with van der Waals surface area (Å²) >= 11 is 0. The first kappa shape index (κ1) is 11.9. The molecule has 1 fully saturated rings. The number of aromatic nitrogens is 2. The number of amides is 1. The summed E-state index contributed by atoms with van der Waals surface area (Å²) in [4.78, 5) is 12.5. The first-order chi connectivity index (χ1) is 9.21. The molecular weight excluding hydrogens is 245 g/mol. The molecule has 1 amide bonds. The fourth-order valence-electron chi connectivity index (χ4n) is 2.52. The zero-order valence-electron chi connectivity index (χ0n) is 10.3. The number of nitrogens with zero attached hydrogens (tertiary/aromatic N) is 1. The smallest absolute Gasteiger partial charge is 0.235 e. The van der Waals surface area contributed by atoms with Gasteiger partial charge in [-0.05, 0) is 30.5 Å². The van der Waals surface area contributed by atoms with E-state index in [0.717, 1.165) is 24.8 Å². The Morgan fingerprint density at radius 3 is 2.58 bits per heavy atom. The molecule has 1 saturated carbocycles. The van der Waals surface area contributed by atoms with Gasteiger partial charge in [0, 0.05) is 6.20 Å². The van der Waals surface area contributed by atoms with Crippen LogP contribution in [0.4, 0.5) is 10.1 Å². The van der Waals surface area contributed by atoms with Crippen molar-refractivity contribution in [3.05, 3.63) is 48.0 Å². The van der Waals surface area contributed by atoms with Gasteiger partial charge in [-0.15, -0.1) is 0 Å². The van der Waals surface area contributed by atoms with Gasteiger partial charge >= 0.3 is 0 Å². The maximum Gasteiger partial charge on any atom is 0.235 e. The van der Waals surface area contributed by atoms with Crippen molar-refractivity contribution in [1.82, 2.24) is 10.2 Å². The number of halogens is 1. The standard InChI is InChI=1S/C14H14FN3O/c15-11-4-2-10(3-5-11)14(6-1-7-14)13(19)18-12-8-16-17-9-12/h2-5,8-9H,1,6-7H2,(H,16,17)(H,18,19). The highest BCUT2D eigenvalue weighted by Crippen LogP contribution is 2.44. The first-order valence-corrected chi connectivity index (χ1v) is 6.27. The highest BCUT2D eigenvalue weighted by molar-refractivity contribution is 5.99. The number of rotatable bonds is 3. The molecule has 19 heavy (non-hydrogen) atoms. The van der Waals surface area contributed by atoms with Crippen molar-refractivity contribution in [2.75, 3.05) is 5.32 Å². The van der Waals surface area contributed by atoms with Gasteiger partial charge in [0.05, 0.1) is 17.3 Å². The molecule has 0 aliphatic heterocycles. The lowest BCUT2D eigenvalue weighted by Gasteiger charge is -2.40. The normalized spacial score (nSPS) is 16.7. The van der Waals surface area contributed by atoms with Gasteiger partial charge < -0.3 is 5.32 Å². The van der Waals surface area contributed by atoms with E-state index in [2.05, 4.69) is 15.5 Å². The molecular formula is C14H14FN3O. The van der Waals surface area contributed by atoms with Crippen LogP contribution in [0.25, 0.3) is 0 Å². The largest absolute Gasteiger partial charge is 0.323 e. The maximum absolute atomic E-state index is 13.0. The summed E-state index contributed by atoms with van der Waals surface area (Å²) in [7, 11) is 0. The molecule has 0 atom stereocenters. The van der Waals surface area contributed by atoms with Gasteiger partial charge in [0.2, 0.25) is 5.91 Å². The van der Waals surface area contributed by atoms with Crippen molar-refractivity contribution >= 4 is 11.6 Å². The van der Waals surface area contributed by atoms with E-state index >= 15 is 0 Å². The van der Waals surface area contributed by atoms with E-state index in [-0.39, 0.29) is 11.7 Å². The fourth-order valence-corrected chi connectivity index (χ4v) is 2.52. The van der Waals surface area contributed by atoms with Crippen molar-refractivity contribution < 1.29 is 9.18 Å². The molecule has 0 spiro atoms. The summed E-state index contributed by atoms with van der Waals surface area (Å²) in [5.74, 6) is -0.333. The third-order valence-electron chi connectivity index (χ3n) is 3.79. The average Bonchev–Trinajstić information content (AvgIpc) is 2.83. The number of hydrogen-bond donors (Lipinski definition) is 2. The molecule has 3 rings (SSSR count). The number of benzene rings is 1. The van der Waals surface area contributed by atoms with Crippen LogP contribution in [0.5, 0.6) is 0 Å². The van der Waals surface area contributed by atoms with Crippen LogP contribution in [-0.4, -0.2) is 16.1 Å². The first-order valence-electron chi connectivity index (χ1n) is 6.27. The highest BCUT2D eigenvalue weighted by Gasteiger charge is 2.45. The van der Waals surface area contributed by atoms with Gasteiger partial charge in [0.25, 0.3) is 0 Å². The Kier molecular flexibility index (Phi) is 2.81. The summed E-state index contributed by atoms with van der Waals surface area (Å²) in [6.45, 7) is 0. The Labute approximate surface area is 110 Å². The van der Waals surface area contributed by atoms with Crippen LogP contribution in [0.2, 0.25) is 0 Å². The Morgan fingerprint density at radius 1 is 1.32 bits per heavy atom. The fraction of sp³-hybridized carbons (Fsp3) is 0.286. The molecule has 1 aromatic heterocycles. The predicted molar refractivity (Wildman–Crippen MR) is 69.1 cm³/mol. The van der Waals surface area contributed by atoms with E-state index in [1.165, 1.54) is 12.1 Å². The van der Waals surface area contributed by atoms with Crippen LogP contribution in [0, 0.1) is 5.82 Å². The number of nitrogens with one attached hydrogen (secondary N) is 2. The van der Waals surface area contributed by atoms with E-state index in [1.54, 1.807) is 24.5 Å². The molecule has 0 saturated heterocycles. The van der Waals surface area contributed by atoms with Crippen LogP contribution in [0.15, 0.2) is 36.7 Å². The van der Waals surface area contributed by atoms with Gasteiger partial charge in [-0.2, -0.15) is 5.10 Å².